The topological polar surface area (TPSA) is 46.2 Å². The third-order valence-electron chi connectivity index (χ3n) is 2.73. The number of hydrogen-bond acceptors (Lipinski definition) is 2. The fraction of sp³-hybridized carbons (Fsp3) is 0.143. The summed E-state index contributed by atoms with van der Waals surface area (Å²) < 4.78 is 28.2. The number of benzene rings is 2. The molecular formula is C14H14BrNO2S. The first kappa shape index (κ1) is 14.1. The van der Waals surface area contributed by atoms with Gasteiger partial charge in [-0.1, -0.05) is 28.1 Å². The van der Waals surface area contributed by atoms with Gasteiger partial charge in [-0.05, 0) is 55.3 Å². The summed E-state index contributed by atoms with van der Waals surface area (Å²) in [7, 11) is -3.54. The highest BCUT2D eigenvalue weighted by molar-refractivity contribution is 9.10. The number of nitrogens with one attached hydrogen (secondary N) is 1. The van der Waals surface area contributed by atoms with E-state index in [0.29, 0.717) is 10.6 Å². The van der Waals surface area contributed by atoms with E-state index in [1.807, 2.05) is 19.1 Å². The van der Waals surface area contributed by atoms with Crippen LogP contribution in [0.25, 0.3) is 0 Å². The van der Waals surface area contributed by atoms with Gasteiger partial charge in [0.25, 0.3) is 10.0 Å². The van der Waals surface area contributed by atoms with Crippen LogP contribution in [0.15, 0.2) is 51.8 Å². The fourth-order valence-electron chi connectivity index (χ4n) is 1.72. The molecule has 100 valence electrons. The van der Waals surface area contributed by atoms with Gasteiger partial charge in [-0.2, -0.15) is 0 Å². The van der Waals surface area contributed by atoms with E-state index in [2.05, 4.69) is 20.7 Å². The van der Waals surface area contributed by atoms with E-state index in [1.165, 1.54) is 0 Å². The lowest BCUT2D eigenvalue weighted by molar-refractivity contribution is 0.600. The smallest absolute Gasteiger partial charge is 0.262 e. The molecule has 1 N–H and O–H groups in total. The third-order valence-corrected chi connectivity index (χ3v) is 4.78. The number of anilines is 1. The highest BCUT2D eigenvalue weighted by atomic mass is 79.9. The van der Waals surface area contributed by atoms with Gasteiger partial charge in [0, 0.05) is 10.2 Å². The van der Waals surface area contributed by atoms with Crippen molar-refractivity contribution in [3.63, 3.8) is 0 Å². The van der Waals surface area contributed by atoms with Crippen LogP contribution in [-0.2, 0) is 10.0 Å². The van der Waals surface area contributed by atoms with Crippen LogP contribution >= 0.6 is 15.9 Å². The van der Waals surface area contributed by atoms with Crippen molar-refractivity contribution in [3.05, 3.63) is 58.1 Å². The maximum Gasteiger partial charge on any atom is 0.262 e. The van der Waals surface area contributed by atoms with Crippen molar-refractivity contribution in [3.8, 4) is 0 Å². The lowest BCUT2D eigenvalue weighted by atomic mass is 10.2. The maximum absolute atomic E-state index is 12.3. The number of sulfonamides is 1. The Morgan fingerprint density at radius 2 is 1.63 bits per heavy atom. The molecule has 0 saturated heterocycles. The number of aryl methyl sites for hydroxylation is 2. The summed E-state index contributed by atoms with van der Waals surface area (Å²) in [4.78, 5) is 0.315. The van der Waals surface area contributed by atoms with Crippen molar-refractivity contribution in [2.24, 2.45) is 0 Å². The molecule has 0 unspecified atom stereocenters. The second-order valence-electron chi connectivity index (χ2n) is 4.38. The van der Waals surface area contributed by atoms with Crippen LogP contribution in [0.4, 0.5) is 5.69 Å². The van der Waals surface area contributed by atoms with Crippen LogP contribution in [0.1, 0.15) is 11.1 Å². The summed E-state index contributed by atoms with van der Waals surface area (Å²) in [6.07, 6.45) is 0. The number of hydrogen-bond donors (Lipinski definition) is 1. The SMILES string of the molecule is Cc1ccc(C)c(S(=O)(=O)Nc2ccc(Br)cc2)c1. The summed E-state index contributed by atoms with van der Waals surface area (Å²) in [6.45, 7) is 3.66. The van der Waals surface area contributed by atoms with E-state index in [1.54, 1.807) is 37.3 Å². The van der Waals surface area contributed by atoms with Crippen LogP contribution in [0.5, 0.6) is 0 Å². The Kier molecular flexibility index (Phi) is 3.96. The molecule has 5 heteroatoms. The van der Waals surface area contributed by atoms with Gasteiger partial charge in [0.2, 0.25) is 0 Å². The summed E-state index contributed by atoms with van der Waals surface area (Å²) in [6, 6.07) is 12.4. The van der Waals surface area contributed by atoms with E-state index in [-0.39, 0.29) is 0 Å². The minimum Gasteiger partial charge on any atom is -0.280 e. The Balaban J connectivity index is 2.37. The average molecular weight is 340 g/mol. The molecule has 0 radical (unpaired) electrons. The Morgan fingerprint density at radius 1 is 1.00 bits per heavy atom. The zero-order chi connectivity index (χ0) is 14.0. The summed E-state index contributed by atoms with van der Waals surface area (Å²) in [5.41, 5.74) is 2.20. The van der Waals surface area contributed by atoms with Crippen molar-refractivity contribution in [2.75, 3.05) is 4.72 Å². The first-order valence-electron chi connectivity index (χ1n) is 5.74. The molecule has 19 heavy (non-hydrogen) atoms. The molecule has 0 fully saturated rings. The molecule has 0 aliphatic heterocycles. The van der Waals surface area contributed by atoms with Crippen LogP contribution in [0.3, 0.4) is 0 Å². The van der Waals surface area contributed by atoms with Crippen molar-refractivity contribution < 1.29 is 8.42 Å². The van der Waals surface area contributed by atoms with Crippen molar-refractivity contribution >= 4 is 31.6 Å². The highest BCUT2D eigenvalue weighted by Gasteiger charge is 2.16. The van der Waals surface area contributed by atoms with E-state index in [0.717, 1.165) is 15.6 Å². The number of rotatable bonds is 3. The highest BCUT2D eigenvalue weighted by Crippen LogP contribution is 2.21. The van der Waals surface area contributed by atoms with Gasteiger partial charge in [-0.25, -0.2) is 8.42 Å². The molecule has 0 aromatic heterocycles. The normalized spacial score (nSPS) is 11.3. The molecule has 0 heterocycles. The third kappa shape index (κ3) is 3.36. The monoisotopic (exact) mass is 339 g/mol. The average Bonchev–Trinajstić information content (AvgIpc) is 2.35. The summed E-state index contributed by atoms with van der Waals surface area (Å²) in [5, 5.41) is 0. The molecule has 3 nitrogen and oxygen atoms in total. The quantitative estimate of drug-likeness (QED) is 0.922. The Morgan fingerprint density at radius 3 is 2.26 bits per heavy atom. The van der Waals surface area contributed by atoms with Gasteiger partial charge in [0.1, 0.15) is 0 Å². The van der Waals surface area contributed by atoms with Gasteiger partial charge >= 0.3 is 0 Å². The second kappa shape index (κ2) is 5.35. The van der Waals surface area contributed by atoms with Crippen molar-refractivity contribution in [2.45, 2.75) is 18.7 Å². The van der Waals surface area contributed by atoms with E-state index < -0.39 is 10.0 Å². The zero-order valence-corrected chi connectivity index (χ0v) is 13.0. The zero-order valence-electron chi connectivity index (χ0n) is 10.6. The Labute approximate surface area is 121 Å². The van der Waals surface area contributed by atoms with Crippen LogP contribution in [0.2, 0.25) is 0 Å². The van der Waals surface area contributed by atoms with Crippen molar-refractivity contribution in [1.29, 1.82) is 0 Å². The first-order chi connectivity index (χ1) is 8.88. The molecular weight excluding hydrogens is 326 g/mol. The molecule has 0 saturated carbocycles. The Bertz CT molecular complexity index is 694. The molecule has 2 aromatic rings. The minimum absolute atomic E-state index is 0.315. The second-order valence-corrected chi connectivity index (χ2v) is 6.95. The van der Waals surface area contributed by atoms with E-state index in [4.69, 9.17) is 0 Å². The molecule has 0 aliphatic rings. The predicted octanol–water partition coefficient (Wildman–Crippen LogP) is 3.87. The van der Waals surface area contributed by atoms with Crippen LogP contribution in [-0.4, -0.2) is 8.42 Å². The molecule has 0 spiro atoms. The first-order valence-corrected chi connectivity index (χ1v) is 8.02. The van der Waals surface area contributed by atoms with Gasteiger partial charge < -0.3 is 0 Å². The van der Waals surface area contributed by atoms with Crippen LogP contribution in [0, 0.1) is 13.8 Å². The summed E-state index contributed by atoms with van der Waals surface area (Å²) in [5.74, 6) is 0. The largest absolute Gasteiger partial charge is 0.280 e. The van der Waals surface area contributed by atoms with Gasteiger partial charge in [-0.15, -0.1) is 0 Å². The molecule has 2 aromatic carbocycles. The predicted molar refractivity (Wildman–Crippen MR) is 80.9 cm³/mol. The lowest BCUT2D eigenvalue weighted by Gasteiger charge is -2.11. The van der Waals surface area contributed by atoms with Gasteiger partial charge in [0.15, 0.2) is 0 Å². The molecule has 0 aliphatic carbocycles. The summed E-state index contributed by atoms with van der Waals surface area (Å²) >= 11 is 3.31. The molecule has 0 atom stereocenters. The maximum atomic E-state index is 12.3. The molecule has 0 amide bonds. The van der Waals surface area contributed by atoms with Gasteiger partial charge in [-0.3, -0.25) is 4.72 Å². The van der Waals surface area contributed by atoms with E-state index in [9.17, 15) is 8.42 Å². The number of halogens is 1. The van der Waals surface area contributed by atoms with Crippen LogP contribution < -0.4 is 4.72 Å². The minimum atomic E-state index is -3.54. The fourth-order valence-corrected chi connectivity index (χ4v) is 3.38. The standard InChI is InChI=1S/C14H14BrNO2S/c1-10-3-4-11(2)14(9-10)19(17,18)16-13-7-5-12(15)6-8-13/h3-9,16H,1-2H3. The van der Waals surface area contributed by atoms with Gasteiger partial charge in [0.05, 0.1) is 4.90 Å². The Hall–Kier alpha value is -1.33. The lowest BCUT2D eigenvalue weighted by Crippen LogP contribution is -2.14. The van der Waals surface area contributed by atoms with Crippen molar-refractivity contribution in [1.82, 2.24) is 0 Å². The molecule has 0 bridgehead atoms. The molecule has 2 rings (SSSR count). The van der Waals surface area contributed by atoms with E-state index >= 15 is 0 Å².